The molecule has 6 nitrogen and oxygen atoms in total. The third-order valence-electron chi connectivity index (χ3n) is 1.71. The zero-order valence-electron chi connectivity index (χ0n) is 7.78. The van der Waals surface area contributed by atoms with E-state index in [2.05, 4.69) is 9.47 Å². The van der Waals surface area contributed by atoms with Gasteiger partial charge in [-0.25, -0.2) is 9.59 Å². The van der Waals surface area contributed by atoms with Crippen LogP contribution in [0.15, 0.2) is 5.76 Å². The number of ether oxygens (including phenoxy) is 2. The molecule has 0 aliphatic carbocycles. The second-order valence-corrected chi connectivity index (χ2v) is 2.87. The quantitative estimate of drug-likeness (QED) is 0.241. The number of carbonyl (C=O) groups is 3. The minimum absolute atomic E-state index is 0.0329. The maximum Gasteiger partial charge on any atom is 0.393 e. The summed E-state index contributed by atoms with van der Waals surface area (Å²) in [5.74, 6) is -2.52. The second-order valence-electron chi connectivity index (χ2n) is 2.87. The fourth-order valence-electron chi connectivity index (χ4n) is 1.01. The van der Waals surface area contributed by atoms with Crippen molar-refractivity contribution in [2.45, 2.75) is 25.7 Å². The van der Waals surface area contributed by atoms with Gasteiger partial charge in [-0.2, -0.15) is 0 Å². The van der Waals surface area contributed by atoms with Gasteiger partial charge in [0.05, 0.1) is 0 Å². The van der Waals surface area contributed by atoms with E-state index >= 15 is 0 Å². The summed E-state index contributed by atoms with van der Waals surface area (Å²) in [5.41, 5.74) is 0. The number of carbonyl (C=O) groups excluding carboxylic acids is 4. The molecule has 1 heterocycles. The Morgan fingerprint density at radius 1 is 0.933 bits per heavy atom. The lowest BCUT2D eigenvalue weighted by atomic mass is 10.2. The van der Waals surface area contributed by atoms with Crippen molar-refractivity contribution in [3.8, 4) is 0 Å². The molecule has 1 rings (SSSR count). The molecule has 1 fully saturated rings. The number of esters is 3. The van der Waals surface area contributed by atoms with Crippen LogP contribution in [0.1, 0.15) is 25.7 Å². The van der Waals surface area contributed by atoms with E-state index in [0.29, 0.717) is 12.8 Å². The van der Waals surface area contributed by atoms with Gasteiger partial charge in [0.1, 0.15) is 0 Å². The summed E-state index contributed by atoms with van der Waals surface area (Å²) in [6.45, 7) is 0. The lowest BCUT2D eigenvalue weighted by Crippen LogP contribution is -2.20. The van der Waals surface area contributed by atoms with E-state index in [1.165, 1.54) is 0 Å². The maximum absolute atomic E-state index is 11.0. The monoisotopic (exact) mass is 212 g/mol. The minimum atomic E-state index is -1.27. The normalized spacial score (nSPS) is 18.9. The molecular formula is C9H8O6. The summed E-state index contributed by atoms with van der Waals surface area (Å²) in [5, 5.41) is 0. The minimum Gasteiger partial charge on any atom is -0.407 e. The molecule has 0 aromatic heterocycles. The zero-order valence-corrected chi connectivity index (χ0v) is 7.78. The van der Waals surface area contributed by atoms with Gasteiger partial charge >= 0.3 is 17.9 Å². The van der Waals surface area contributed by atoms with Gasteiger partial charge in [0.25, 0.3) is 5.76 Å². The molecular weight excluding hydrogens is 204 g/mol. The molecule has 0 unspecified atom stereocenters. The molecule has 15 heavy (non-hydrogen) atoms. The average molecular weight is 212 g/mol. The van der Waals surface area contributed by atoms with Gasteiger partial charge in [-0.05, 0) is 12.8 Å². The van der Waals surface area contributed by atoms with Gasteiger partial charge in [0, 0.05) is 12.8 Å². The van der Waals surface area contributed by atoms with Gasteiger partial charge in [-0.1, -0.05) is 0 Å². The largest absolute Gasteiger partial charge is 0.407 e. The molecule has 0 spiro atoms. The van der Waals surface area contributed by atoms with E-state index in [1.54, 1.807) is 0 Å². The zero-order chi connectivity index (χ0) is 11.3. The van der Waals surface area contributed by atoms with Crippen molar-refractivity contribution in [1.29, 1.82) is 0 Å². The van der Waals surface area contributed by atoms with Gasteiger partial charge in [-0.3, -0.25) is 9.59 Å². The predicted molar refractivity (Wildman–Crippen MR) is 44.9 cm³/mol. The van der Waals surface area contributed by atoms with E-state index in [-0.39, 0.29) is 12.8 Å². The predicted octanol–water partition coefficient (Wildman–Crippen LogP) is -0.111. The van der Waals surface area contributed by atoms with Gasteiger partial charge in [0.2, 0.25) is 0 Å². The van der Waals surface area contributed by atoms with Crippen molar-refractivity contribution in [2.24, 2.45) is 0 Å². The van der Waals surface area contributed by atoms with Crippen LogP contribution in [0.4, 0.5) is 0 Å². The molecule has 80 valence electrons. The van der Waals surface area contributed by atoms with Crippen molar-refractivity contribution >= 4 is 23.8 Å². The molecule has 0 aromatic rings. The Balaban J connectivity index is 2.79. The summed E-state index contributed by atoms with van der Waals surface area (Å²) >= 11 is 0. The van der Waals surface area contributed by atoms with Crippen LogP contribution in [-0.2, 0) is 28.7 Å². The summed E-state index contributed by atoms with van der Waals surface area (Å²) in [4.78, 5) is 43.1. The Kier molecular flexibility index (Phi) is 3.76. The Bertz CT molecular complexity index is 350. The molecule has 0 radical (unpaired) electrons. The fraction of sp³-hybridized carbons (Fsp3) is 0.444. The first-order chi connectivity index (χ1) is 7.13. The molecule has 0 amide bonds. The number of hydrogen-bond acceptors (Lipinski definition) is 6. The molecule has 0 N–H and O–H groups in total. The summed E-state index contributed by atoms with van der Waals surface area (Å²) < 4.78 is 8.59. The first-order valence-corrected chi connectivity index (χ1v) is 4.34. The smallest absolute Gasteiger partial charge is 0.393 e. The molecule has 6 heteroatoms. The average Bonchev–Trinajstić information content (AvgIpc) is 2.20. The second kappa shape index (κ2) is 5.07. The van der Waals surface area contributed by atoms with Crippen LogP contribution < -0.4 is 0 Å². The molecule has 1 aliphatic rings. The first-order valence-electron chi connectivity index (χ1n) is 4.34. The summed E-state index contributed by atoms with van der Waals surface area (Å²) in [6.07, 6.45) is 0.951. The van der Waals surface area contributed by atoms with Crippen molar-refractivity contribution in [3.63, 3.8) is 0 Å². The van der Waals surface area contributed by atoms with E-state index < -0.39 is 23.7 Å². The van der Waals surface area contributed by atoms with Crippen molar-refractivity contribution in [3.05, 3.63) is 5.76 Å². The Morgan fingerprint density at radius 2 is 1.47 bits per heavy atom. The van der Waals surface area contributed by atoms with Gasteiger partial charge in [0.15, 0.2) is 5.94 Å². The van der Waals surface area contributed by atoms with Crippen LogP contribution >= 0.6 is 0 Å². The molecule has 1 saturated heterocycles. The molecule has 0 atom stereocenters. The number of rotatable bonds is 0. The summed E-state index contributed by atoms with van der Waals surface area (Å²) in [6, 6.07) is 0. The highest BCUT2D eigenvalue weighted by Crippen LogP contribution is 2.09. The Hall–Kier alpha value is -1.94. The highest BCUT2D eigenvalue weighted by atomic mass is 16.6. The SMILES string of the molecule is O=C=C1OC(=O)CCCCC(=O)OC1=O. The number of hydrogen-bond donors (Lipinski definition) is 0. The van der Waals surface area contributed by atoms with Crippen LogP contribution in [0.5, 0.6) is 0 Å². The van der Waals surface area contributed by atoms with Gasteiger partial charge < -0.3 is 9.47 Å². The third kappa shape index (κ3) is 3.36. The van der Waals surface area contributed by atoms with Gasteiger partial charge in [-0.15, -0.1) is 0 Å². The molecule has 0 aromatic carbocycles. The Morgan fingerprint density at radius 3 is 2.00 bits per heavy atom. The Labute approximate surface area is 84.8 Å². The highest BCUT2D eigenvalue weighted by Gasteiger charge is 2.22. The van der Waals surface area contributed by atoms with E-state index in [0.717, 1.165) is 5.94 Å². The topological polar surface area (TPSA) is 86.7 Å². The fourth-order valence-corrected chi connectivity index (χ4v) is 1.01. The molecule has 0 bridgehead atoms. The lowest BCUT2D eigenvalue weighted by Gasteiger charge is -2.07. The number of cyclic esters (lactones) is 3. The van der Waals surface area contributed by atoms with Crippen molar-refractivity contribution in [2.75, 3.05) is 0 Å². The van der Waals surface area contributed by atoms with Crippen LogP contribution in [0.2, 0.25) is 0 Å². The summed E-state index contributed by atoms with van der Waals surface area (Å²) in [7, 11) is 0. The van der Waals surface area contributed by atoms with Crippen LogP contribution in [-0.4, -0.2) is 23.8 Å². The third-order valence-corrected chi connectivity index (χ3v) is 1.71. The molecule has 0 saturated carbocycles. The van der Waals surface area contributed by atoms with Crippen LogP contribution in [0.25, 0.3) is 0 Å². The molecule has 1 aliphatic heterocycles. The van der Waals surface area contributed by atoms with E-state index in [4.69, 9.17) is 0 Å². The van der Waals surface area contributed by atoms with E-state index in [9.17, 15) is 19.2 Å². The van der Waals surface area contributed by atoms with E-state index in [1.807, 2.05) is 0 Å². The van der Waals surface area contributed by atoms with Crippen molar-refractivity contribution in [1.82, 2.24) is 0 Å². The van der Waals surface area contributed by atoms with Crippen molar-refractivity contribution < 1.29 is 28.7 Å². The van der Waals surface area contributed by atoms with Crippen LogP contribution in [0, 0.1) is 0 Å². The standard InChI is InChI=1S/C9H8O6/c10-5-6-9(13)15-8(12)4-2-1-3-7(11)14-6/h1-4H2. The maximum atomic E-state index is 11.0. The highest BCUT2D eigenvalue weighted by molar-refractivity contribution is 6.01. The first kappa shape index (κ1) is 11.1. The van der Waals surface area contributed by atoms with Crippen LogP contribution in [0.3, 0.4) is 0 Å². The lowest BCUT2D eigenvalue weighted by molar-refractivity contribution is -0.162.